The maximum atomic E-state index is 12.6. The fraction of sp³-hybridized carbons (Fsp3) is 0.538. The van der Waals surface area contributed by atoms with Gasteiger partial charge in [0.15, 0.2) is 0 Å². The van der Waals surface area contributed by atoms with Gasteiger partial charge in [0.05, 0.1) is 18.1 Å². The zero-order valence-corrected chi connectivity index (χ0v) is 10.8. The van der Waals surface area contributed by atoms with Crippen LogP contribution in [0, 0.1) is 0 Å². The summed E-state index contributed by atoms with van der Waals surface area (Å²) in [5.74, 6) is 0.00903. The number of aromatic nitrogens is 2. The van der Waals surface area contributed by atoms with Crippen molar-refractivity contribution in [3.05, 3.63) is 18.7 Å². The summed E-state index contributed by atoms with van der Waals surface area (Å²) in [5, 5.41) is 0. The largest absolute Gasteiger partial charge is 0.329 e. The first-order valence-corrected chi connectivity index (χ1v) is 6.58. The number of carbonyl (C=O) groups is 2. The highest BCUT2D eigenvalue weighted by Crippen LogP contribution is 2.29. The van der Waals surface area contributed by atoms with Crippen LogP contribution in [0.15, 0.2) is 18.7 Å². The predicted octanol–water partition coefficient (Wildman–Crippen LogP) is 0.593. The Hall–Kier alpha value is -1.98. The summed E-state index contributed by atoms with van der Waals surface area (Å²) >= 11 is 0. The van der Waals surface area contributed by atoms with Crippen molar-refractivity contribution in [3.63, 3.8) is 0 Å². The van der Waals surface area contributed by atoms with Crippen LogP contribution in [0.3, 0.4) is 0 Å². The maximum absolute atomic E-state index is 12.6. The van der Waals surface area contributed by atoms with Crippen molar-refractivity contribution < 1.29 is 9.59 Å². The molecule has 0 aromatic carbocycles. The van der Waals surface area contributed by atoms with Gasteiger partial charge < -0.3 is 4.90 Å². The first kappa shape index (κ1) is 12.1. The maximum Gasteiger partial charge on any atom is 0.250 e. The number of nitrogens with zero attached hydrogens (tertiary/aromatic N) is 4. The van der Waals surface area contributed by atoms with E-state index in [-0.39, 0.29) is 17.9 Å². The summed E-state index contributed by atoms with van der Waals surface area (Å²) in [5.41, 5.74) is 0.596. The molecule has 6 nitrogen and oxygen atoms in total. The van der Waals surface area contributed by atoms with Crippen LogP contribution in [-0.2, 0) is 9.59 Å². The van der Waals surface area contributed by atoms with E-state index in [4.69, 9.17) is 0 Å². The van der Waals surface area contributed by atoms with Crippen LogP contribution >= 0.6 is 0 Å². The molecule has 2 fully saturated rings. The molecular formula is C13H16N4O2. The lowest BCUT2D eigenvalue weighted by molar-refractivity contribution is -0.147. The zero-order chi connectivity index (χ0) is 13.4. The van der Waals surface area contributed by atoms with Gasteiger partial charge in [0, 0.05) is 6.54 Å². The number of amides is 2. The minimum Gasteiger partial charge on any atom is -0.329 e. The Balaban J connectivity index is 1.97. The molecule has 19 heavy (non-hydrogen) atoms. The second-order valence-corrected chi connectivity index (χ2v) is 5.02. The number of carbonyl (C=O) groups excluding carboxylic acids is 2. The van der Waals surface area contributed by atoms with Gasteiger partial charge in [0.25, 0.3) is 5.91 Å². The van der Waals surface area contributed by atoms with Gasteiger partial charge in [-0.15, -0.1) is 0 Å². The fourth-order valence-electron chi connectivity index (χ4n) is 2.92. The molecule has 0 spiro atoms. The number of hydrogen-bond acceptors (Lipinski definition) is 4. The van der Waals surface area contributed by atoms with E-state index in [1.54, 1.807) is 24.2 Å². The molecule has 0 saturated carbocycles. The topological polar surface area (TPSA) is 66.4 Å². The monoisotopic (exact) mass is 260 g/mol. The molecule has 1 aromatic heterocycles. The lowest BCUT2D eigenvalue weighted by Gasteiger charge is -2.45. The summed E-state index contributed by atoms with van der Waals surface area (Å²) < 4.78 is 0. The molecule has 0 aliphatic carbocycles. The Bertz CT molecular complexity index is 505. The minimum atomic E-state index is -0.479. The molecule has 0 bridgehead atoms. The van der Waals surface area contributed by atoms with Crippen LogP contribution in [0.25, 0.3) is 0 Å². The van der Waals surface area contributed by atoms with Crippen molar-refractivity contribution in [2.45, 2.75) is 38.3 Å². The minimum absolute atomic E-state index is 0.0124. The molecular weight excluding hydrogens is 244 g/mol. The number of anilines is 1. The summed E-state index contributed by atoms with van der Waals surface area (Å²) in [6.45, 7) is 2.46. The molecule has 100 valence electrons. The van der Waals surface area contributed by atoms with Gasteiger partial charge in [-0.1, -0.05) is 0 Å². The molecule has 0 radical (unpaired) electrons. The second-order valence-electron chi connectivity index (χ2n) is 5.02. The van der Waals surface area contributed by atoms with Crippen LogP contribution in [0.4, 0.5) is 5.69 Å². The summed E-state index contributed by atoms with van der Waals surface area (Å²) in [6.07, 6.45) is 7.30. The lowest BCUT2D eigenvalue weighted by atomic mass is 9.95. The van der Waals surface area contributed by atoms with Crippen molar-refractivity contribution in [2.75, 3.05) is 11.4 Å². The Morgan fingerprint density at radius 2 is 1.89 bits per heavy atom. The van der Waals surface area contributed by atoms with E-state index in [0.717, 1.165) is 19.3 Å². The lowest BCUT2D eigenvalue weighted by Crippen LogP contribution is -2.65. The normalized spacial score (nSPS) is 27.4. The van der Waals surface area contributed by atoms with Gasteiger partial charge in [-0.25, -0.2) is 9.97 Å². The first-order valence-electron chi connectivity index (χ1n) is 6.58. The van der Waals surface area contributed by atoms with E-state index in [1.165, 1.54) is 11.2 Å². The molecule has 6 heteroatoms. The van der Waals surface area contributed by atoms with Crippen LogP contribution in [0.5, 0.6) is 0 Å². The molecule has 3 rings (SSSR count). The van der Waals surface area contributed by atoms with E-state index in [2.05, 4.69) is 9.97 Å². The van der Waals surface area contributed by atoms with Crippen LogP contribution < -0.4 is 4.90 Å². The number of piperidine rings is 1. The van der Waals surface area contributed by atoms with Crippen LogP contribution in [-0.4, -0.2) is 45.3 Å². The third kappa shape index (κ3) is 1.87. The van der Waals surface area contributed by atoms with Crippen molar-refractivity contribution >= 4 is 17.5 Å². The molecule has 2 unspecified atom stereocenters. The van der Waals surface area contributed by atoms with Crippen LogP contribution in [0.2, 0.25) is 0 Å². The van der Waals surface area contributed by atoms with E-state index in [9.17, 15) is 9.59 Å². The van der Waals surface area contributed by atoms with Crippen molar-refractivity contribution in [1.29, 1.82) is 0 Å². The zero-order valence-electron chi connectivity index (χ0n) is 10.8. The predicted molar refractivity (Wildman–Crippen MR) is 68.3 cm³/mol. The molecule has 2 amide bonds. The van der Waals surface area contributed by atoms with E-state index >= 15 is 0 Å². The number of rotatable bonds is 1. The third-order valence-electron chi connectivity index (χ3n) is 3.88. The van der Waals surface area contributed by atoms with E-state index in [0.29, 0.717) is 12.2 Å². The van der Waals surface area contributed by atoms with Gasteiger partial charge in [-0.05, 0) is 26.2 Å². The Kier molecular flexibility index (Phi) is 2.93. The van der Waals surface area contributed by atoms with Crippen molar-refractivity contribution in [3.8, 4) is 0 Å². The van der Waals surface area contributed by atoms with Gasteiger partial charge in [-0.3, -0.25) is 14.5 Å². The summed E-state index contributed by atoms with van der Waals surface area (Å²) in [6, 6.07) is -0.787. The molecule has 2 saturated heterocycles. The van der Waals surface area contributed by atoms with E-state index < -0.39 is 6.04 Å². The van der Waals surface area contributed by atoms with Gasteiger partial charge >= 0.3 is 0 Å². The Morgan fingerprint density at radius 1 is 1.16 bits per heavy atom. The molecule has 2 aliphatic rings. The molecule has 1 aromatic rings. The molecule has 0 N–H and O–H groups in total. The summed E-state index contributed by atoms with van der Waals surface area (Å²) in [7, 11) is 0. The Morgan fingerprint density at radius 3 is 2.63 bits per heavy atom. The van der Waals surface area contributed by atoms with E-state index in [1.807, 2.05) is 0 Å². The number of hydrogen-bond donors (Lipinski definition) is 0. The third-order valence-corrected chi connectivity index (χ3v) is 3.88. The fourth-order valence-corrected chi connectivity index (χ4v) is 2.92. The quantitative estimate of drug-likeness (QED) is 0.741. The smallest absolute Gasteiger partial charge is 0.250 e. The number of fused-ring (bicyclic) bond motifs is 1. The molecule has 3 heterocycles. The highest BCUT2D eigenvalue weighted by molar-refractivity contribution is 6.08. The second kappa shape index (κ2) is 4.60. The first-order chi connectivity index (χ1) is 9.20. The average molecular weight is 260 g/mol. The SMILES string of the molecule is CC1C(=O)N2CCCCC2C(=O)N1c1cncnc1. The van der Waals surface area contributed by atoms with Crippen molar-refractivity contribution in [1.82, 2.24) is 14.9 Å². The number of piperazine rings is 1. The van der Waals surface area contributed by atoms with Gasteiger partial charge in [-0.2, -0.15) is 0 Å². The van der Waals surface area contributed by atoms with Crippen LogP contribution in [0.1, 0.15) is 26.2 Å². The average Bonchev–Trinajstić information content (AvgIpc) is 2.46. The molecule has 2 atom stereocenters. The standard InChI is InChI=1S/C13H16N4O2/c1-9-12(18)16-5-3-2-4-11(16)13(19)17(9)10-6-14-8-15-7-10/h6-9,11H,2-5H2,1H3. The van der Waals surface area contributed by atoms with Gasteiger partial charge in [0.1, 0.15) is 18.4 Å². The molecule has 2 aliphatic heterocycles. The van der Waals surface area contributed by atoms with Crippen molar-refractivity contribution in [2.24, 2.45) is 0 Å². The highest BCUT2D eigenvalue weighted by Gasteiger charge is 2.45. The summed E-state index contributed by atoms with van der Waals surface area (Å²) in [4.78, 5) is 36.1. The Labute approximate surface area is 111 Å². The van der Waals surface area contributed by atoms with Gasteiger partial charge in [0.2, 0.25) is 5.91 Å². The highest BCUT2D eigenvalue weighted by atomic mass is 16.2.